The standard InChI is InChI=1S/C10H11ClO4S/c1-2-15-10(12)9(16(13)14)7-3-5-8(11)6-4-7/h3-6,9H,2H2,1H3,(H,13,14). The van der Waals surface area contributed by atoms with Crippen molar-refractivity contribution in [2.45, 2.75) is 12.2 Å². The van der Waals surface area contributed by atoms with E-state index in [1.165, 1.54) is 12.1 Å². The summed E-state index contributed by atoms with van der Waals surface area (Å²) in [6, 6.07) is 6.15. The van der Waals surface area contributed by atoms with Crippen LogP contribution in [0.4, 0.5) is 0 Å². The van der Waals surface area contributed by atoms with Crippen molar-refractivity contribution < 1.29 is 18.3 Å². The molecule has 1 aromatic carbocycles. The fraction of sp³-hybridized carbons (Fsp3) is 0.300. The molecule has 16 heavy (non-hydrogen) atoms. The maximum absolute atomic E-state index is 11.5. The number of hydrogen-bond donors (Lipinski definition) is 1. The highest BCUT2D eigenvalue weighted by atomic mass is 35.5. The molecule has 0 aliphatic rings. The average molecular weight is 263 g/mol. The third-order valence-electron chi connectivity index (χ3n) is 1.88. The molecule has 0 amide bonds. The Hall–Kier alpha value is -0.910. The van der Waals surface area contributed by atoms with Gasteiger partial charge in [-0.1, -0.05) is 23.7 Å². The van der Waals surface area contributed by atoms with E-state index in [2.05, 4.69) is 0 Å². The molecule has 0 heterocycles. The molecule has 0 aliphatic heterocycles. The number of benzene rings is 1. The van der Waals surface area contributed by atoms with Gasteiger partial charge in [0.15, 0.2) is 16.3 Å². The lowest BCUT2D eigenvalue weighted by molar-refractivity contribution is -0.142. The van der Waals surface area contributed by atoms with E-state index >= 15 is 0 Å². The molecule has 88 valence electrons. The summed E-state index contributed by atoms with van der Waals surface area (Å²) in [5, 5.41) is -0.688. The lowest BCUT2D eigenvalue weighted by Crippen LogP contribution is -2.20. The van der Waals surface area contributed by atoms with E-state index in [1.54, 1.807) is 19.1 Å². The van der Waals surface area contributed by atoms with Crippen LogP contribution in [0, 0.1) is 0 Å². The first-order chi connectivity index (χ1) is 7.56. The van der Waals surface area contributed by atoms with Crippen molar-refractivity contribution in [3.8, 4) is 0 Å². The second-order valence-electron chi connectivity index (χ2n) is 2.96. The summed E-state index contributed by atoms with van der Waals surface area (Å²) in [4.78, 5) is 11.5. The van der Waals surface area contributed by atoms with Crippen LogP contribution in [0.1, 0.15) is 17.7 Å². The Morgan fingerprint density at radius 1 is 1.50 bits per heavy atom. The van der Waals surface area contributed by atoms with Crippen LogP contribution in [0.3, 0.4) is 0 Å². The minimum Gasteiger partial charge on any atom is -0.465 e. The van der Waals surface area contributed by atoms with Gasteiger partial charge in [-0.3, -0.25) is 4.79 Å². The van der Waals surface area contributed by atoms with Gasteiger partial charge in [0.25, 0.3) is 0 Å². The Morgan fingerprint density at radius 3 is 2.50 bits per heavy atom. The summed E-state index contributed by atoms with van der Waals surface area (Å²) in [7, 11) is 0. The Bertz CT molecular complexity index is 390. The van der Waals surface area contributed by atoms with Crippen molar-refractivity contribution in [3.63, 3.8) is 0 Å². The highest BCUT2D eigenvalue weighted by Gasteiger charge is 2.27. The van der Waals surface area contributed by atoms with Gasteiger partial charge >= 0.3 is 5.97 Å². The molecular weight excluding hydrogens is 252 g/mol. The first-order valence-electron chi connectivity index (χ1n) is 4.58. The minimum atomic E-state index is -2.31. The topological polar surface area (TPSA) is 63.6 Å². The van der Waals surface area contributed by atoms with Crippen LogP contribution < -0.4 is 0 Å². The van der Waals surface area contributed by atoms with Gasteiger partial charge in [-0.05, 0) is 24.6 Å². The highest BCUT2D eigenvalue weighted by molar-refractivity contribution is 7.80. The summed E-state index contributed by atoms with van der Waals surface area (Å²) < 4.78 is 24.9. The van der Waals surface area contributed by atoms with E-state index in [0.29, 0.717) is 10.6 Å². The van der Waals surface area contributed by atoms with E-state index in [-0.39, 0.29) is 6.61 Å². The second kappa shape index (κ2) is 5.98. The predicted molar refractivity (Wildman–Crippen MR) is 61.6 cm³/mol. The first kappa shape index (κ1) is 13.2. The summed E-state index contributed by atoms with van der Waals surface area (Å²) in [5.74, 6) is -0.717. The van der Waals surface area contributed by atoms with Crippen molar-refractivity contribution in [2.75, 3.05) is 6.61 Å². The number of rotatable bonds is 4. The Balaban J connectivity index is 2.98. The quantitative estimate of drug-likeness (QED) is 0.667. The van der Waals surface area contributed by atoms with E-state index in [0.717, 1.165) is 0 Å². The number of ether oxygens (including phenoxy) is 1. The van der Waals surface area contributed by atoms with E-state index in [1.807, 2.05) is 0 Å². The lowest BCUT2D eigenvalue weighted by atomic mass is 10.1. The SMILES string of the molecule is CCOC(=O)C(c1ccc(Cl)cc1)S(=O)O. The molecule has 1 aromatic rings. The molecule has 6 heteroatoms. The van der Waals surface area contributed by atoms with Crippen LogP contribution in [0.2, 0.25) is 5.02 Å². The van der Waals surface area contributed by atoms with Gasteiger partial charge in [-0.2, -0.15) is 0 Å². The molecule has 2 atom stereocenters. The first-order valence-corrected chi connectivity index (χ1v) is 6.12. The highest BCUT2D eigenvalue weighted by Crippen LogP contribution is 2.22. The van der Waals surface area contributed by atoms with Gasteiger partial charge in [0.05, 0.1) is 6.61 Å². The summed E-state index contributed by atoms with van der Waals surface area (Å²) in [6.45, 7) is 1.80. The summed E-state index contributed by atoms with van der Waals surface area (Å²) >= 11 is 3.37. The zero-order valence-corrected chi connectivity index (χ0v) is 10.1. The normalized spacial score (nSPS) is 14.2. The zero-order valence-electron chi connectivity index (χ0n) is 8.55. The molecule has 0 aromatic heterocycles. The van der Waals surface area contributed by atoms with Crippen LogP contribution in [-0.2, 0) is 20.6 Å². The van der Waals surface area contributed by atoms with Gasteiger partial charge in [-0.25, -0.2) is 4.21 Å². The number of hydrogen-bond acceptors (Lipinski definition) is 3. The zero-order chi connectivity index (χ0) is 12.1. The molecule has 0 saturated heterocycles. The number of carbonyl (C=O) groups excluding carboxylic acids is 1. The molecule has 0 fully saturated rings. The Morgan fingerprint density at radius 2 is 2.06 bits per heavy atom. The second-order valence-corrected chi connectivity index (χ2v) is 4.42. The monoisotopic (exact) mass is 262 g/mol. The van der Waals surface area contributed by atoms with Gasteiger partial charge < -0.3 is 9.29 Å². The van der Waals surface area contributed by atoms with Gasteiger partial charge in [0.1, 0.15) is 0 Å². The van der Waals surface area contributed by atoms with Gasteiger partial charge in [-0.15, -0.1) is 0 Å². The Labute approximate surface area is 101 Å². The smallest absolute Gasteiger partial charge is 0.328 e. The molecule has 0 saturated carbocycles. The van der Waals surface area contributed by atoms with Gasteiger partial charge in [0, 0.05) is 5.02 Å². The molecule has 4 nitrogen and oxygen atoms in total. The summed E-state index contributed by atoms with van der Waals surface area (Å²) in [5.41, 5.74) is 0.406. The van der Waals surface area contributed by atoms with E-state index in [9.17, 15) is 9.00 Å². The van der Waals surface area contributed by atoms with E-state index < -0.39 is 22.3 Å². The largest absolute Gasteiger partial charge is 0.465 e. The predicted octanol–water partition coefficient (Wildman–Crippen LogP) is 2.17. The molecule has 0 aliphatic carbocycles. The molecule has 2 unspecified atom stereocenters. The van der Waals surface area contributed by atoms with Crippen LogP contribution in [0.5, 0.6) is 0 Å². The molecular formula is C10H11ClO4S. The molecule has 1 rings (SSSR count). The minimum absolute atomic E-state index is 0.167. The maximum Gasteiger partial charge on any atom is 0.328 e. The average Bonchev–Trinajstić information content (AvgIpc) is 2.21. The Kier molecular flexibility index (Phi) is 4.92. The van der Waals surface area contributed by atoms with Crippen LogP contribution in [0.15, 0.2) is 24.3 Å². The fourth-order valence-corrected chi connectivity index (χ4v) is 1.94. The molecule has 0 bridgehead atoms. The van der Waals surface area contributed by atoms with Crippen LogP contribution in [0.25, 0.3) is 0 Å². The van der Waals surface area contributed by atoms with Crippen molar-refractivity contribution in [1.82, 2.24) is 0 Å². The van der Waals surface area contributed by atoms with Gasteiger partial charge in [0.2, 0.25) is 0 Å². The van der Waals surface area contributed by atoms with E-state index in [4.69, 9.17) is 20.9 Å². The summed E-state index contributed by atoms with van der Waals surface area (Å²) in [6.07, 6.45) is 0. The maximum atomic E-state index is 11.5. The third-order valence-corrected chi connectivity index (χ3v) is 2.99. The molecule has 0 radical (unpaired) electrons. The van der Waals surface area contributed by atoms with Crippen LogP contribution in [-0.4, -0.2) is 21.3 Å². The lowest BCUT2D eigenvalue weighted by Gasteiger charge is -2.11. The fourth-order valence-electron chi connectivity index (χ4n) is 1.19. The molecule has 0 spiro atoms. The van der Waals surface area contributed by atoms with Crippen molar-refractivity contribution in [2.24, 2.45) is 0 Å². The third kappa shape index (κ3) is 3.30. The van der Waals surface area contributed by atoms with Crippen molar-refractivity contribution in [3.05, 3.63) is 34.9 Å². The number of carbonyl (C=O) groups is 1. The van der Waals surface area contributed by atoms with Crippen molar-refractivity contribution >= 4 is 28.7 Å². The van der Waals surface area contributed by atoms with Crippen molar-refractivity contribution in [1.29, 1.82) is 0 Å². The van der Waals surface area contributed by atoms with Crippen LogP contribution >= 0.6 is 11.6 Å². The molecule has 1 N–H and O–H groups in total. The number of esters is 1. The number of halogens is 1.